The lowest BCUT2D eigenvalue weighted by molar-refractivity contribution is -0.138. The van der Waals surface area contributed by atoms with Crippen LogP contribution in [0.15, 0.2) is 42.5 Å². The maximum Gasteiger partial charge on any atom is 0.419 e. The number of hydrogen-bond acceptors (Lipinski definition) is 3. The van der Waals surface area contributed by atoms with Crippen molar-refractivity contribution in [2.75, 3.05) is 7.11 Å². The molecule has 2 aromatic rings. The topological polar surface area (TPSA) is 35.5 Å². The fraction of sp³-hybridized carbons (Fsp3) is 0.133. The van der Waals surface area contributed by atoms with Crippen LogP contribution in [0.2, 0.25) is 0 Å². The molecule has 0 aliphatic rings. The van der Waals surface area contributed by atoms with Crippen LogP contribution in [0.25, 0.3) is 0 Å². The van der Waals surface area contributed by atoms with Gasteiger partial charge in [0.25, 0.3) is 0 Å². The molecular weight excluding hydrogens is 285 g/mol. The van der Waals surface area contributed by atoms with Gasteiger partial charge in [-0.25, -0.2) is 0 Å². The molecular formula is C15H11F3O3. The molecule has 0 radical (unpaired) electrons. The lowest BCUT2D eigenvalue weighted by Gasteiger charge is -2.15. The van der Waals surface area contributed by atoms with E-state index in [1.54, 1.807) is 0 Å². The number of alkyl halides is 3. The summed E-state index contributed by atoms with van der Waals surface area (Å²) in [7, 11) is 1.34. The largest absolute Gasteiger partial charge is 0.493 e. The van der Waals surface area contributed by atoms with Crippen molar-refractivity contribution in [1.82, 2.24) is 0 Å². The molecule has 2 aromatic carbocycles. The van der Waals surface area contributed by atoms with Gasteiger partial charge in [-0.2, -0.15) is 13.2 Å². The van der Waals surface area contributed by atoms with Gasteiger partial charge in [-0.15, -0.1) is 0 Å². The van der Waals surface area contributed by atoms with Gasteiger partial charge in [0.15, 0.2) is 11.5 Å². The third kappa shape index (κ3) is 3.34. The van der Waals surface area contributed by atoms with Crippen LogP contribution in [0.4, 0.5) is 13.2 Å². The normalized spacial score (nSPS) is 11.0. The van der Waals surface area contributed by atoms with Crippen LogP contribution in [-0.2, 0) is 6.18 Å². The number of benzene rings is 2. The fourth-order valence-corrected chi connectivity index (χ4v) is 1.75. The van der Waals surface area contributed by atoms with Crippen LogP contribution in [0.1, 0.15) is 15.9 Å². The van der Waals surface area contributed by atoms with Gasteiger partial charge < -0.3 is 9.47 Å². The maximum atomic E-state index is 12.9. The van der Waals surface area contributed by atoms with Crippen molar-refractivity contribution in [2.45, 2.75) is 6.18 Å². The minimum Gasteiger partial charge on any atom is -0.493 e. The molecule has 0 spiro atoms. The van der Waals surface area contributed by atoms with Gasteiger partial charge in [0.2, 0.25) is 0 Å². The van der Waals surface area contributed by atoms with E-state index in [0.717, 1.165) is 6.07 Å². The molecule has 0 heterocycles. The minimum atomic E-state index is -4.52. The molecule has 0 unspecified atom stereocenters. The third-order valence-electron chi connectivity index (χ3n) is 2.74. The predicted molar refractivity (Wildman–Crippen MR) is 69.9 cm³/mol. The number of halogens is 3. The highest BCUT2D eigenvalue weighted by molar-refractivity contribution is 5.76. The highest BCUT2D eigenvalue weighted by atomic mass is 19.4. The van der Waals surface area contributed by atoms with E-state index in [9.17, 15) is 18.0 Å². The molecule has 110 valence electrons. The monoisotopic (exact) mass is 296 g/mol. The Labute approximate surface area is 118 Å². The molecule has 0 N–H and O–H groups in total. The van der Waals surface area contributed by atoms with Gasteiger partial charge in [0.05, 0.1) is 12.7 Å². The van der Waals surface area contributed by atoms with Crippen molar-refractivity contribution >= 4 is 6.29 Å². The van der Waals surface area contributed by atoms with Crippen LogP contribution in [0.5, 0.6) is 17.2 Å². The minimum absolute atomic E-state index is 0.0970. The molecule has 0 fully saturated rings. The van der Waals surface area contributed by atoms with Crippen molar-refractivity contribution in [1.29, 1.82) is 0 Å². The van der Waals surface area contributed by atoms with Gasteiger partial charge in [-0.3, -0.25) is 4.79 Å². The number of carbonyl (C=O) groups excluding carboxylic acids is 1. The molecule has 0 bridgehead atoms. The maximum absolute atomic E-state index is 12.9. The number of rotatable bonds is 4. The first-order chi connectivity index (χ1) is 9.95. The smallest absolute Gasteiger partial charge is 0.419 e. The molecule has 0 aliphatic carbocycles. The van der Waals surface area contributed by atoms with E-state index < -0.39 is 11.7 Å². The molecule has 0 aliphatic heterocycles. The van der Waals surface area contributed by atoms with Crippen LogP contribution >= 0.6 is 0 Å². The first-order valence-electron chi connectivity index (χ1n) is 5.93. The summed E-state index contributed by atoms with van der Waals surface area (Å²) >= 11 is 0. The summed E-state index contributed by atoms with van der Waals surface area (Å²) < 4.78 is 49.0. The quantitative estimate of drug-likeness (QED) is 0.788. The van der Waals surface area contributed by atoms with Crippen LogP contribution in [-0.4, -0.2) is 13.4 Å². The first-order valence-corrected chi connectivity index (χ1v) is 5.93. The molecule has 0 saturated heterocycles. The second-order valence-corrected chi connectivity index (χ2v) is 4.12. The van der Waals surface area contributed by atoms with Crippen molar-refractivity contribution in [3.8, 4) is 17.2 Å². The molecule has 0 aromatic heterocycles. The Bertz CT molecular complexity index is 651. The van der Waals surface area contributed by atoms with Gasteiger partial charge in [0.1, 0.15) is 12.0 Å². The van der Waals surface area contributed by atoms with Crippen LogP contribution < -0.4 is 9.47 Å². The molecule has 3 nitrogen and oxygen atoms in total. The van der Waals surface area contributed by atoms with E-state index in [4.69, 9.17) is 9.47 Å². The van der Waals surface area contributed by atoms with E-state index in [-0.39, 0.29) is 17.2 Å². The zero-order valence-electron chi connectivity index (χ0n) is 11.0. The van der Waals surface area contributed by atoms with Crippen molar-refractivity contribution < 1.29 is 27.4 Å². The number of methoxy groups -OCH3 is 1. The fourth-order valence-electron chi connectivity index (χ4n) is 1.75. The zero-order valence-corrected chi connectivity index (χ0v) is 11.0. The molecule has 21 heavy (non-hydrogen) atoms. The lowest BCUT2D eigenvalue weighted by atomic mass is 10.2. The van der Waals surface area contributed by atoms with E-state index in [1.165, 1.54) is 43.5 Å². The Morgan fingerprint density at radius 1 is 1.00 bits per heavy atom. The van der Waals surface area contributed by atoms with Crippen molar-refractivity contribution in [3.05, 3.63) is 53.6 Å². The molecule has 0 saturated carbocycles. The molecule has 0 amide bonds. The Morgan fingerprint density at radius 2 is 1.71 bits per heavy atom. The second-order valence-electron chi connectivity index (χ2n) is 4.12. The average Bonchev–Trinajstić information content (AvgIpc) is 2.47. The summed E-state index contributed by atoms with van der Waals surface area (Å²) in [6.45, 7) is 0. The average molecular weight is 296 g/mol. The second kappa shape index (κ2) is 5.87. The van der Waals surface area contributed by atoms with Crippen molar-refractivity contribution in [3.63, 3.8) is 0 Å². The highest BCUT2D eigenvalue weighted by Gasteiger charge is 2.34. The highest BCUT2D eigenvalue weighted by Crippen LogP contribution is 2.40. The molecule has 2 rings (SSSR count). The molecule has 0 atom stereocenters. The third-order valence-corrected chi connectivity index (χ3v) is 2.74. The standard InChI is InChI=1S/C15H11F3O3/c1-20-14-8-10(9-19)6-7-13(14)21-12-5-3-2-4-11(12)15(16,17)18/h2-9H,1H3. The Morgan fingerprint density at radius 3 is 2.33 bits per heavy atom. The Hall–Kier alpha value is -2.50. The summed E-state index contributed by atoms with van der Waals surface area (Å²) in [4.78, 5) is 10.7. The summed E-state index contributed by atoms with van der Waals surface area (Å²) in [6.07, 6.45) is -3.91. The lowest BCUT2D eigenvalue weighted by Crippen LogP contribution is -2.07. The van der Waals surface area contributed by atoms with E-state index >= 15 is 0 Å². The van der Waals surface area contributed by atoms with Crippen LogP contribution in [0.3, 0.4) is 0 Å². The van der Waals surface area contributed by atoms with Crippen LogP contribution in [0, 0.1) is 0 Å². The van der Waals surface area contributed by atoms with E-state index in [0.29, 0.717) is 11.8 Å². The zero-order chi connectivity index (χ0) is 15.5. The number of hydrogen-bond donors (Lipinski definition) is 0. The number of aldehydes is 1. The van der Waals surface area contributed by atoms with E-state index in [2.05, 4.69) is 0 Å². The number of ether oxygens (including phenoxy) is 2. The summed E-state index contributed by atoms with van der Waals surface area (Å²) in [5.41, 5.74) is -0.546. The van der Waals surface area contributed by atoms with Gasteiger partial charge >= 0.3 is 6.18 Å². The van der Waals surface area contributed by atoms with Crippen molar-refractivity contribution in [2.24, 2.45) is 0 Å². The van der Waals surface area contributed by atoms with Gasteiger partial charge in [0, 0.05) is 5.56 Å². The summed E-state index contributed by atoms with van der Waals surface area (Å²) in [5, 5.41) is 0. The first kappa shape index (κ1) is 14.9. The Kier molecular flexibility index (Phi) is 4.16. The van der Waals surface area contributed by atoms with Gasteiger partial charge in [-0.05, 0) is 30.3 Å². The van der Waals surface area contributed by atoms with E-state index in [1.807, 2.05) is 0 Å². The van der Waals surface area contributed by atoms with Gasteiger partial charge in [-0.1, -0.05) is 12.1 Å². The SMILES string of the molecule is COc1cc(C=O)ccc1Oc1ccccc1C(F)(F)F. The number of carbonyl (C=O) groups is 1. The number of para-hydroxylation sites is 1. The summed E-state index contributed by atoms with van der Waals surface area (Å²) in [6, 6.07) is 9.08. The Balaban J connectivity index is 2.41. The predicted octanol–water partition coefficient (Wildman–Crippen LogP) is 4.32. The summed E-state index contributed by atoms with van der Waals surface area (Å²) in [5.74, 6) is -0.0569. The molecule has 6 heteroatoms.